The smallest absolute Gasteiger partial charge is 0.258 e. The summed E-state index contributed by atoms with van der Waals surface area (Å²) in [7, 11) is 4.09. The molecule has 2 heterocycles. The summed E-state index contributed by atoms with van der Waals surface area (Å²) in [5.74, 6) is -1.19. The Balaban J connectivity index is 1.43. The van der Waals surface area contributed by atoms with Crippen LogP contribution in [0.5, 0.6) is 0 Å². The highest BCUT2D eigenvalue weighted by atomic mass is 35.5. The molecule has 194 valence electrons. The van der Waals surface area contributed by atoms with Crippen LogP contribution in [0.25, 0.3) is 0 Å². The van der Waals surface area contributed by atoms with E-state index in [4.69, 9.17) is 11.6 Å². The fourth-order valence-electron chi connectivity index (χ4n) is 4.86. The highest BCUT2D eigenvalue weighted by Crippen LogP contribution is 2.31. The molecule has 0 spiro atoms. The van der Waals surface area contributed by atoms with Gasteiger partial charge in [0.05, 0.1) is 17.1 Å². The van der Waals surface area contributed by atoms with Gasteiger partial charge >= 0.3 is 0 Å². The van der Waals surface area contributed by atoms with Crippen molar-refractivity contribution in [3.05, 3.63) is 117 Å². The number of anilines is 2. The Labute approximate surface area is 226 Å². The van der Waals surface area contributed by atoms with E-state index in [1.807, 2.05) is 44.1 Å². The van der Waals surface area contributed by atoms with Gasteiger partial charge in [0, 0.05) is 41.4 Å². The molecule has 5 rings (SSSR count). The van der Waals surface area contributed by atoms with Gasteiger partial charge in [-0.25, -0.2) is 4.39 Å². The molecule has 0 aliphatic carbocycles. The third-order valence-corrected chi connectivity index (χ3v) is 7.03. The standard InChI is InChI=1S/C30H28ClFN4O2/c1-19-14-22(33-29(37)26-15-21(32)8-13-27(26)31)9-12-25(19)30(38)36-18-24-11-10-23(17-34(2)3)35(24)16-20-6-4-5-7-28(20)36/h4-15H,16-18H2,1-3H3,(H,33,37). The Kier molecular flexibility index (Phi) is 7.06. The maximum atomic E-state index is 13.9. The maximum Gasteiger partial charge on any atom is 0.258 e. The van der Waals surface area contributed by atoms with E-state index < -0.39 is 11.7 Å². The third-order valence-electron chi connectivity index (χ3n) is 6.70. The summed E-state index contributed by atoms with van der Waals surface area (Å²) in [5.41, 5.74) is 6.01. The minimum atomic E-state index is -0.547. The quantitative estimate of drug-likeness (QED) is 0.338. The van der Waals surface area contributed by atoms with Crippen molar-refractivity contribution in [1.29, 1.82) is 0 Å². The summed E-state index contributed by atoms with van der Waals surface area (Å²) in [6.45, 7) is 3.78. The monoisotopic (exact) mass is 530 g/mol. The lowest BCUT2D eigenvalue weighted by Crippen LogP contribution is -2.31. The third kappa shape index (κ3) is 5.08. The topological polar surface area (TPSA) is 57.6 Å². The van der Waals surface area contributed by atoms with Crippen molar-refractivity contribution >= 4 is 34.8 Å². The summed E-state index contributed by atoms with van der Waals surface area (Å²) in [5, 5.41) is 2.91. The molecule has 1 N–H and O–H groups in total. The van der Waals surface area contributed by atoms with Gasteiger partial charge in [-0.2, -0.15) is 0 Å². The molecule has 0 unspecified atom stereocenters. The summed E-state index contributed by atoms with van der Waals surface area (Å²) < 4.78 is 15.9. The maximum absolute atomic E-state index is 13.9. The molecule has 0 atom stereocenters. The van der Waals surface area contributed by atoms with Crippen LogP contribution >= 0.6 is 11.6 Å². The van der Waals surface area contributed by atoms with Crippen LogP contribution in [0.2, 0.25) is 5.02 Å². The van der Waals surface area contributed by atoms with Crippen molar-refractivity contribution < 1.29 is 14.0 Å². The first-order valence-electron chi connectivity index (χ1n) is 12.3. The number of amides is 2. The molecule has 0 saturated heterocycles. The minimum absolute atomic E-state index is 0.0438. The average molecular weight is 531 g/mol. The molecule has 0 radical (unpaired) electrons. The first-order valence-corrected chi connectivity index (χ1v) is 12.7. The lowest BCUT2D eigenvalue weighted by atomic mass is 10.0. The van der Waals surface area contributed by atoms with Crippen LogP contribution in [0.1, 0.15) is 43.2 Å². The van der Waals surface area contributed by atoms with Crippen molar-refractivity contribution in [2.24, 2.45) is 0 Å². The minimum Gasteiger partial charge on any atom is -0.341 e. The van der Waals surface area contributed by atoms with Crippen LogP contribution in [0.4, 0.5) is 15.8 Å². The van der Waals surface area contributed by atoms with Gasteiger partial charge in [0.25, 0.3) is 11.8 Å². The van der Waals surface area contributed by atoms with Crippen LogP contribution in [0.3, 0.4) is 0 Å². The number of nitrogens with one attached hydrogen (secondary N) is 1. The number of halogens is 2. The van der Waals surface area contributed by atoms with E-state index in [0.29, 0.717) is 29.9 Å². The van der Waals surface area contributed by atoms with E-state index >= 15 is 0 Å². The molecular formula is C30H28ClFN4O2. The normalized spacial score (nSPS) is 12.6. The van der Waals surface area contributed by atoms with Gasteiger partial charge < -0.3 is 19.7 Å². The molecule has 1 aliphatic rings. The molecule has 4 aromatic rings. The van der Waals surface area contributed by atoms with Gasteiger partial charge in [-0.1, -0.05) is 29.8 Å². The summed E-state index contributed by atoms with van der Waals surface area (Å²) >= 11 is 6.08. The van der Waals surface area contributed by atoms with Crippen LogP contribution < -0.4 is 10.2 Å². The first-order chi connectivity index (χ1) is 18.2. The molecule has 3 aromatic carbocycles. The Morgan fingerprint density at radius 1 is 0.974 bits per heavy atom. The number of carbonyl (C=O) groups is 2. The Hall–Kier alpha value is -3.94. The Morgan fingerprint density at radius 3 is 2.53 bits per heavy atom. The number of nitrogens with zero attached hydrogens (tertiary/aromatic N) is 3. The predicted molar refractivity (Wildman–Crippen MR) is 148 cm³/mol. The fourth-order valence-corrected chi connectivity index (χ4v) is 5.07. The van der Waals surface area contributed by atoms with Crippen molar-refractivity contribution in [2.45, 2.75) is 26.6 Å². The molecule has 6 nitrogen and oxygen atoms in total. The van der Waals surface area contributed by atoms with Crippen LogP contribution in [-0.2, 0) is 19.6 Å². The van der Waals surface area contributed by atoms with Crippen LogP contribution in [-0.4, -0.2) is 35.4 Å². The van der Waals surface area contributed by atoms with Gasteiger partial charge in [0.15, 0.2) is 0 Å². The molecule has 2 amide bonds. The van der Waals surface area contributed by atoms with Gasteiger partial charge in [-0.05, 0) is 86.7 Å². The number of aryl methyl sites for hydroxylation is 1. The van der Waals surface area contributed by atoms with Gasteiger partial charge in [-0.15, -0.1) is 0 Å². The lowest BCUT2D eigenvalue weighted by Gasteiger charge is -2.24. The number of rotatable bonds is 5. The Bertz CT molecular complexity index is 1550. The van der Waals surface area contributed by atoms with E-state index in [9.17, 15) is 14.0 Å². The van der Waals surface area contributed by atoms with Gasteiger partial charge in [0.1, 0.15) is 5.82 Å². The number of hydrogen-bond acceptors (Lipinski definition) is 3. The Morgan fingerprint density at radius 2 is 1.76 bits per heavy atom. The summed E-state index contributed by atoms with van der Waals surface area (Å²) in [4.78, 5) is 30.6. The van der Waals surface area contributed by atoms with E-state index in [2.05, 4.69) is 33.0 Å². The zero-order valence-corrected chi connectivity index (χ0v) is 22.2. The first kappa shape index (κ1) is 25.7. The van der Waals surface area contributed by atoms with Gasteiger partial charge in [-0.3, -0.25) is 9.59 Å². The average Bonchev–Trinajstić information content (AvgIpc) is 3.14. The fraction of sp³-hybridized carbons (Fsp3) is 0.200. The molecule has 0 saturated carbocycles. The lowest BCUT2D eigenvalue weighted by molar-refractivity contribution is 0.0983. The van der Waals surface area contributed by atoms with E-state index in [1.54, 1.807) is 18.2 Å². The molecule has 1 aliphatic heterocycles. The number of para-hydroxylation sites is 1. The molecule has 0 fully saturated rings. The molecule has 8 heteroatoms. The van der Waals surface area contributed by atoms with Crippen LogP contribution in [0.15, 0.2) is 72.8 Å². The second-order valence-electron chi connectivity index (χ2n) is 9.77. The molecule has 0 bridgehead atoms. The zero-order chi connectivity index (χ0) is 27.0. The largest absolute Gasteiger partial charge is 0.341 e. The number of hydrogen-bond donors (Lipinski definition) is 1. The number of carbonyl (C=O) groups excluding carboxylic acids is 2. The second kappa shape index (κ2) is 10.4. The molecule has 38 heavy (non-hydrogen) atoms. The van der Waals surface area contributed by atoms with Crippen molar-refractivity contribution in [2.75, 3.05) is 24.3 Å². The highest BCUT2D eigenvalue weighted by Gasteiger charge is 2.27. The van der Waals surface area contributed by atoms with Crippen molar-refractivity contribution in [3.8, 4) is 0 Å². The molecule has 1 aromatic heterocycles. The zero-order valence-electron chi connectivity index (χ0n) is 21.5. The molecular weight excluding hydrogens is 503 g/mol. The summed E-state index contributed by atoms with van der Waals surface area (Å²) in [6.07, 6.45) is 0. The SMILES string of the molecule is Cc1cc(NC(=O)c2cc(F)ccc2Cl)ccc1C(=O)N1Cc2ccc(CN(C)C)n2Cc2ccccc21. The van der Waals surface area contributed by atoms with E-state index in [0.717, 1.165) is 29.6 Å². The van der Waals surface area contributed by atoms with E-state index in [1.165, 1.54) is 17.8 Å². The number of aromatic nitrogens is 1. The predicted octanol–water partition coefficient (Wildman–Crippen LogP) is 6.11. The second-order valence-corrected chi connectivity index (χ2v) is 10.2. The van der Waals surface area contributed by atoms with Crippen LogP contribution in [0, 0.1) is 12.7 Å². The van der Waals surface area contributed by atoms with E-state index in [-0.39, 0.29) is 16.5 Å². The number of benzene rings is 3. The number of fused-ring (bicyclic) bond motifs is 2. The highest BCUT2D eigenvalue weighted by molar-refractivity contribution is 6.34. The van der Waals surface area contributed by atoms with Crippen molar-refractivity contribution in [3.63, 3.8) is 0 Å². The summed E-state index contributed by atoms with van der Waals surface area (Å²) in [6, 6.07) is 21.0. The van der Waals surface area contributed by atoms with Crippen molar-refractivity contribution in [1.82, 2.24) is 9.47 Å². The van der Waals surface area contributed by atoms with Gasteiger partial charge in [0.2, 0.25) is 0 Å².